The van der Waals surface area contributed by atoms with Crippen molar-refractivity contribution in [1.82, 2.24) is 16.0 Å². The summed E-state index contributed by atoms with van der Waals surface area (Å²) < 4.78 is 5.67. The number of aliphatic hydroxyl groups excluding tert-OH is 4. The highest BCUT2D eigenvalue weighted by molar-refractivity contribution is 8.01. The summed E-state index contributed by atoms with van der Waals surface area (Å²) in [4.78, 5) is 72.6. The molecule has 6 atom stereocenters. The third-order valence-corrected chi connectivity index (χ3v) is 8.85. The fraction of sp³-hybridized carbons (Fsp3) is 0.400. The molecule has 3 amide bonds. The number of carbonyl (C=O) groups is 6. The highest BCUT2D eigenvalue weighted by Gasteiger charge is 2.55. The molecule has 0 unspecified atom stereocenters. The number of carbonyl (C=O) groups excluding carboxylic acids is 5. The Hall–Kier alpha value is -4.19. The molecule has 2 aromatic carbocycles. The van der Waals surface area contributed by atoms with Gasteiger partial charge in [-0.3, -0.25) is 24.0 Å². The summed E-state index contributed by atoms with van der Waals surface area (Å²) in [5.74, 6) is -4.27. The zero-order valence-corrected chi connectivity index (χ0v) is 25.3. The molecule has 0 radical (unpaired) electrons. The highest BCUT2D eigenvalue weighted by atomic mass is 32.2. The van der Waals surface area contributed by atoms with Crippen LogP contribution in [0.2, 0.25) is 0 Å². The number of aliphatic carboxylic acids is 1. The van der Waals surface area contributed by atoms with E-state index >= 15 is 0 Å². The minimum atomic E-state index is -2.15. The first-order valence-electron chi connectivity index (χ1n) is 14.1. The van der Waals surface area contributed by atoms with E-state index in [1.807, 2.05) is 0 Å². The van der Waals surface area contributed by atoms with Crippen LogP contribution in [0.15, 0.2) is 42.5 Å². The van der Waals surface area contributed by atoms with Crippen molar-refractivity contribution < 1.29 is 59.0 Å². The highest BCUT2D eigenvalue weighted by Crippen LogP contribution is 2.40. The van der Waals surface area contributed by atoms with E-state index < -0.39 is 84.4 Å². The van der Waals surface area contributed by atoms with Crippen molar-refractivity contribution in [2.75, 3.05) is 25.4 Å². The Morgan fingerprint density at radius 3 is 2.24 bits per heavy atom. The van der Waals surface area contributed by atoms with Crippen LogP contribution >= 0.6 is 11.8 Å². The second-order valence-electron chi connectivity index (χ2n) is 10.7. The lowest BCUT2D eigenvalue weighted by atomic mass is 9.83. The van der Waals surface area contributed by atoms with Gasteiger partial charge in [-0.1, -0.05) is 24.3 Å². The largest absolute Gasteiger partial charge is 0.478 e. The summed E-state index contributed by atoms with van der Waals surface area (Å²) in [6.45, 7) is -0.350. The van der Waals surface area contributed by atoms with Crippen molar-refractivity contribution in [1.29, 1.82) is 0 Å². The number of carboxylic acids is 1. The topological polar surface area (TPSA) is 249 Å². The molecule has 0 spiro atoms. The van der Waals surface area contributed by atoms with E-state index in [1.165, 1.54) is 24.3 Å². The van der Waals surface area contributed by atoms with Gasteiger partial charge in [-0.05, 0) is 18.2 Å². The van der Waals surface area contributed by atoms with Crippen LogP contribution in [0.25, 0.3) is 0 Å². The van der Waals surface area contributed by atoms with E-state index in [0.717, 1.165) is 6.92 Å². The molecule has 246 valence electrons. The van der Waals surface area contributed by atoms with Gasteiger partial charge in [-0.15, -0.1) is 11.8 Å². The summed E-state index contributed by atoms with van der Waals surface area (Å²) in [5, 5.41) is 57.6. The molecule has 0 saturated carbocycles. The molecular formula is C30H33N3O12S. The minimum Gasteiger partial charge on any atom is -0.478 e. The van der Waals surface area contributed by atoms with E-state index in [0.29, 0.717) is 11.8 Å². The van der Waals surface area contributed by atoms with E-state index in [1.54, 1.807) is 18.2 Å². The monoisotopic (exact) mass is 659 g/mol. The first-order chi connectivity index (χ1) is 21.8. The van der Waals surface area contributed by atoms with Gasteiger partial charge in [-0.2, -0.15) is 0 Å². The average molecular weight is 660 g/mol. The van der Waals surface area contributed by atoms with Crippen LogP contribution in [0.4, 0.5) is 0 Å². The van der Waals surface area contributed by atoms with Crippen molar-refractivity contribution in [3.8, 4) is 0 Å². The molecule has 2 aromatic rings. The van der Waals surface area contributed by atoms with Crippen LogP contribution in [-0.4, -0.2) is 122 Å². The maximum atomic E-state index is 12.9. The lowest BCUT2D eigenvalue weighted by molar-refractivity contribution is -0.205. The number of thioether (sulfide) groups is 1. The summed E-state index contributed by atoms with van der Waals surface area (Å²) >= 11 is 0.679. The Bertz CT molecular complexity index is 1550. The second kappa shape index (κ2) is 14.5. The maximum absolute atomic E-state index is 12.9. The Labute approximate surface area is 266 Å². The molecule has 15 nitrogen and oxygen atoms in total. The molecule has 1 aliphatic carbocycles. The normalized spacial score (nSPS) is 23.4. The average Bonchev–Trinajstić information content (AvgIpc) is 3.04. The van der Waals surface area contributed by atoms with E-state index in [2.05, 4.69) is 16.0 Å². The standard InChI is InChI=1S/C30H33N3O12S/c1-14(35)33-23-20(36)11-30(29(43)44,45-27(23)26(41)21(37)13-34)46-9-8-31-22(38)12-32-28(42)15-6-7-18-19(10-15)25(40)17-5-3-2-4-16(17)24(18)39/h2-7,10,20-21,23,26-27,34,36-37,41H,8-9,11-13H2,1H3,(H,31,38)(H,32,42)(H,33,35)(H,43,44)/t20-,21+,23+,26+,27+,30-/m0/s1. The fourth-order valence-electron chi connectivity index (χ4n) is 5.25. The van der Waals surface area contributed by atoms with Gasteiger partial charge in [0.2, 0.25) is 16.7 Å². The molecule has 16 heteroatoms. The summed E-state index contributed by atoms with van der Waals surface area (Å²) in [6, 6.07) is 9.11. The number of ether oxygens (including phenoxy) is 1. The third-order valence-electron chi connectivity index (χ3n) is 7.54. The molecule has 1 aliphatic heterocycles. The third kappa shape index (κ3) is 7.27. The predicted octanol–water partition coefficient (Wildman–Crippen LogP) is -1.81. The van der Waals surface area contributed by atoms with Crippen LogP contribution in [0.1, 0.15) is 55.5 Å². The Morgan fingerprint density at radius 2 is 1.63 bits per heavy atom. The van der Waals surface area contributed by atoms with Crippen LogP contribution in [0.5, 0.6) is 0 Å². The molecule has 1 fully saturated rings. The number of benzene rings is 2. The molecule has 0 aromatic heterocycles. The van der Waals surface area contributed by atoms with Crippen molar-refractivity contribution >= 4 is 47.0 Å². The molecular weight excluding hydrogens is 626 g/mol. The zero-order valence-electron chi connectivity index (χ0n) is 24.5. The van der Waals surface area contributed by atoms with E-state index in [9.17, 15) is 54.3 Å². The number of rotatable bonds is 12. The van der Waals surface area contributed by atoms with Crippen molar-refractivity contribution in [2.24, 2.45) is 0 Å². The number of hydrogen-bond acceptors (Lipinski definition) is 12. The maximum Gasteiger partial charge on any atom is 0.346 e. The van der Waals surface area contributed by atoms with Gasteiger partial charge in [-0.25, -0.2) is 4.79 Å². The lowest BCUT2D eigenvalue weighted by Crippen LogP contribution is -2.66. The Balaban J connectivity index is 1.32. The molecule has 8 N–H and O–H groups in total. The van der Waals surface area contributed by atoms with E-state index in [4.69, 9.17) is 4.74 Å². The Morgan fingerprint density at radius 1 is 1.00 bits per heavy atom. The lowest BCUT2D eigenvalue weighted by Gasteiger charge is -2.46. The van der Waals surface area contributed by atoms with Crippen molar-refractivity contribution in [3.05, 3.63) is 70.3 Å². The van der Waals surface area contributed by atoms with E-state index in [-0.39, 0.29) is 45.9 Å². The second-order valence-corrected chi connectivity index (χ2v) is 12.1. The Kier molecular flexibility index (Phi) is 10.9. The molecule has 0 bridgehead atoms. The van der Waals surface area contributed by atoms with Crippen LogP contribution in [-0.2, 0) is 19.1 Å². The number of amides is 3. The van der Waals surface area contributed by atoms with Crippen LogP contribution < -0.4 is 16.0 Å². The van der Waals surface area contributed by atoms with Gasteiger partial charge < -0.3 is 46.2 Å². The fourth-order valence-corrected chi connectivity index (χ4v) is 6.37. The number of carboxylic acid groups (broad SMARTS) is 1. The zero-order chi connectivity index (χ0) is 33.8. The number of ketones is 2. The molecule has 2 aliphatic rings. The molecule has 4 rings (SSSR count). The van der Waals surface area contributed by atoms with Crippen molar-refractivity contribution in [3.63, 3.8) is 0 Å². The number of aliphatic hydroxyl groups is 4. The van der Waals surface area contributed by atoms with Gasteiger partial charge in [0, 0.05) is 53.5 Å². The van der Waals surface area contributed by atoms with Crippen LogP contribution in [0, 0.1) is 0 Å². The summed E-state index contributed by atoms with van der Waals surface area (Å²) in [5.41, 5.74) is 0.804. The van der Waals surface area contributed by atoms with Gasteiger partial charge in [0.25, 0.3) is 5.91 Å². The molecule has 1 saturated heterocycles. The summed E-state index contributed by atoms with van der Waals surface area (Å²) in [7, 11) is 0. The number of hydrogen-bond donors (Lipinski definition) is 8. The number of fused-ring (bicyclic) bond motifs is 2. The smallest absolute Gasteiger partial charge is 0.346 e. The SMILES string of the molecule is CC(=O)N[C@H]1[C@H]([C@H](O)[C@H](O)CO)O[C@@](SCCNC(=O)CNC(=O)c2ccc3c(c2)C(=O)c2ccccc2C3=O)(C(=O)O)C[C@@H]1O. The quantitative estimate of drug-likeness (QED) is 0.100. The first kappa shape index (κ1) is 34.7. The predicted molar refractivity (Wildman–Crippen MR) is 160 cm³/mol. The first-order valence-corrected chi connectivity index (χ1v) is 15.1. The molecule has 46 heavy (non-hydrogen) atoms. The van der Waals surface area contributed by atoms with Gasteiger partial charge in [0.1, 0.15) is 18.3 Å². The minimum absolute atomic E-state index is 0.0552. The summed E-state index contributed by atoms with van der Waals surface area (Å²) in [6.07, 6.45) is -7.30. The molecule has 1 heterocycles. The van der Waals surface area contributed by atoms with Crippen molar-refractivity contribution in [2.45, 2.75) is 48.7 Å². The van der Waals surface area contributed by atoms with Gasteiger partial charge in [0.15, 0.2) is 11.6 Å². The van der Waals surface area contributed by atoms with Gasteiger partial charge in [0.05, 0.1) is 25.3 Å². The van der Waals surface area contributed by atoms with Gasteiger partial charge >= 0.3 is 5.97 Å². The van der Waals surface area contributed by atoms with Crippen LogP contribution in [0.3, 0.4) is 0 Å². The number of nitrogens with one attached hydrogen (secondary N) is 3.